The van der Waals surface area contributed by atoms with Crippen LogP contribution in [0.1, 0.15) is 33.1 Å². The lowest BCUT2D eigenvalue weighted by Gasteiger charge is -2.34. The highest BCUT2D eigenvalue weighted by atomic mass is 15.2. The van der Waals surface area contributed by atoms with Crippen LogP contribution in [0.4, 0.5) is 0 Å². The summed E-state index contributed by atoms with van der Waals surface area (Å²) in [6.07, 6.45) is 3.78. The molecule has 0 aromatic carbocycles. The second-order valence-electron chi connectivity index (χ2n) is 3.76. The Labute approximate surface area is 64.4 Å². The lowest BCUT2D eigenvalue weighted by atomic mass is 10.0. The van der Waals surface area contributed by atoms with Gasteiger partial charge in [-0.3, -0.25) is 4.90 Å². The molecule has 0 N–H and O–H groups in total. The molecule has 0 saturated carbocycles. The zero-order valence-electron chi connectivity index (χ0n) is 7.19. The first kappa shape index (κ1) is 8.06. The van der Waals surface area contributed by atoms with Gasteiger partial charge in [0.05, 0.1) is 0 Å². The predicted octanol–water partition coefficient (Wildman–Crippen LogP) is 2.08. The van der Waals surface area contributed by atoms with Crippen LogP contribution in [-0.4, -0.2) is 23.5 Å². The van der Waals surface area contributed by atoms with E-state index in [4.69, 9.17) is 0 Å². The molecule has 0 bridgehead atoms. The number of likely N-dealkylation sites (tertiary alicyclic amines) is 1. The van der Waals surface area contributed by atoms with Gasteiger partial charge < -0.3 is 0 Å². The second kappa shape index (κ2) is 2.91. The summed E-state index contributed by atoms with van der Waals surface area (Å²) in [6.45, 7) is 11.1. The van der Waals surface area contributed by atoms with Crippen molar-refractivity contribution in [1.82, 2.24) is 4.90 Å². The molecule has 10 heavy (non-hydrogen) atoms. The molecule has 0 aliphatic carbocycles. The molecule has 1 fully saturated rings. The maximum atomic E-state index is 3.96. The van der Waals surface area contributed by atoms with Crippen LogP contribution in [0.3, 0.4) is 0 Å². The van der Waals surface area contributed by atoms with E-state index in [0.717, 1.165) is 6.42 Å². The van der Waals surface area contributed by atoms with Crippen molar-refractivity contribution in [2.75, 3.05) is 13.1 Å². The van der Waals surface area contributed by atoms with E-state index in [1.807, 2.05) is 0 Å². The minimum atomic E-state index is 0.344. The highest BCUT2D eigenvalue weighted by Crippen LogP contribution is 2.22. The third-order valence-corrected chi connectivity index (χ3v) is 2.57. The van der Waals surface area contributed by atoms with Gasteiger partial charge in [0.15, 0.2) is 0 Å². The molecular weight excluding hydrogens is 122 g/mol. The van der Waals surface area contributed by atoms with Gasteiger partial charge >= 0.3 is 0 Å². The fraction of sp³-hybridized carbons (Fsp3) is 0.889. The Morgan fingerprint density at radius 1 is 1.30 bits per heavy atom. The summed E-state index contributed by atoms with van der Waals surface area (Å²) in [5.41, 5.74) is 0.344. The molecule has 0 aromatic heterocycles. The molecule has 1 nitrogen and oxygen atoms in total. The van der Waals surface area contributed by atoms with Crippen molar-refractivity contribution in [2.24, 2.45) is 0 Å². The van der Waals surface area contributed by atoms with Crippen LogP contribution < -0.4 is 0 Å². The van der Waals surface area contributed by atoms with Gasteiger partial charge in [-0.1, -0.05) is 6.92 Å². The van der Waals surface area contributed by atoms with Crippen LogP contribution in [0.25, 0.3) is 0 Å². The van der Waals surface area contributed by atoms with Crippen molar-refractivity contribution in [3.8, 4) is 0 Å². The molecule has 0 amide bonds. The highest BCUT2D eigenvalue weighted by molar-refractivity contribution is 4.84. The molecule has 0 aromatic rings. The Kier molecular flexibility index (Phi) is 2.35. The topological polar surface area (TPSA) is 3.24 Å². The zero-order valence-corrected chi connectivity index (χ0v) is 7.19. The van der Waals surface area contributed by atoms with Gasteiger partial charge in [0, 0.05) is 5.54 Å². The lowest BCUT2D eigenvalue weighted by molar-refractivity contribution is 0.157. The standard InChI is InChI=1S/C9H18N/c1-4-9(2,3)10-7-5-6-8-10/h1,4-8H2,2-3H3. The smallest absolute Gasteiger partial charge is 0.0153 e. The first-order chi connectivity index (χ1) is 4.67. The van der Waals surface area contributed by atoms with Gasteiger partial charge in [0.1, 0.15) is 0 Å². The quantitative estimate of drug-likeness (QED) is 0.567. The van der Waals surface area contributed by atoms with Crippen LogP contribution >= 0.6 is 0 Å². The summed E-state index contributed by atoms with van der Waals surface area (Å²) in [7, 11) is 0. The Bertz CT molecular complexity index is 101. The van der Waals surface area contributed by atoms with E-state index in [1.54, 1.807) is 0 Å². The molecule has 1 rings (SSSR count). The fourth-order valence-corrected chi connectivity index (χ4v) is 1.48. The summed E-state index contributed by atoms with van der Waals surface area (Å²) in [5, 5.41) is 0. The Hall–Kier alpha value is -0.0400. The Balaban J connectivity index is 2.45. The van der Waals surface area contributed by atoms with E-state index in [2.05, 4.69) is 25.7 Å². The van der Waals surface area contributed by atoms with E-state index in [9.17, 15) is 0 Å². The molecule has 0 unspecified atom stereocenters. The first-order valence-corrected chi connectivity index (χ1v) is 4.21. The average molecular weight is 140 g/mol. The van der Waals surface area contributed by atoms with Gasteiger partial charge in [-0.15, -0.1) is 0 Å². The number of nitrogens with zero attached hydrogens (tertiary/aromatic N) is 1. The van der Waals surface area contributed by atoms with Crippen molar-refractivity contribution >= 4 is 0 Å². The van der Waals surface area contributed by atoms with Gasteiger partial charge in [-0.05, 0) is 46.2 Å². The van der Waals surface area contributed by atoms with Gasteiger partial charge in [0.2, 0.25) is 0 Å². The molecule has 0 spiro atoms. The maximum absolute atomic E-state index is 3.96. The Morgan fingerprint density at radius 3 is 2.20 bits per heavy atom. The third-order valence-electron chi connectivity index (χ3n) is 2.57. The number of hydrogen-bond donors (Lipinski definition) is 0. The van der Waals surface area contributed by atoms with E-state index in [-0.39, 0.29) is 0 Å². The highest BCUT2D eigenvalue weighted by Gasteiger charge is 2.26. The van der Waals surface area contributed by atoms with E-state index >= 15 is 0 Å². The van der Waals surface area contributed by atoms with Crippen LogP contribution in [-0.2, 0) is 0 Å². The molecule has 1 aliphatic heterocycles. The van der Waals surface area contributed by atoms with Crippen molar-refractivity contribution < 1.29 is 0 Å². The molecule has 1 saturated heterocycles. The SMILES string of the molecule is [CH2]CC(C)(C)N1CCCC1. The third kappa shape index (κ3) is 1.51. The molecule has 59 valence electrons. The van der Waals surface area contributed by atoms with Crippen LogP contribution in [0.2, 0.25) is 0 Å². The van der Waals surface area contributed by atoms with E-state index in [1.165, 1.54) is 25.9 Å². The summed E-state index contributed by atoms with van der Waals surface area (Å²) >= 11 is 0. The largest absolute Gasteiger partial charge is 0.298 e. The van der Waals surface area contributed by atoms with Crippen molar-refractivity contribution in [3.63, 3.8) is 0 Å². The minimum Gasteiger partial charge on any atom is -0.298 e. The van der Waals surface area contributed by atoms with Gasteiger partial charge in [0.25, 0.3) is 0 Å². The summed E-state index contributed by atoms with van der Waals surface area (Å²) in [5.74, 6) is 0. The summed E-state index contributed by atoms with van der Waals surface area (Å²) in [4.78, 5) is 2.54. The van der Waals surface area contributed by atoms with Crippen molar-refractivity contribution in [2.45, 2.75) is 38.6 Å². The molecule has 1 heterocycles. The van der Waals surface area contributed by atoms with Gasteiger partial charge in [-0.2, -0.15) is 0 Å². The van der Waals surface area contributed by atoms with Crippen LogP contribution in [0, 0.1) is 6.92 Å². The minimum absolute atomic E-state index is 0.344. The van der Waals surface area contributed by atoms with Gasteiger partial charge in [-0.25, -0.2) is 0 Å². The van der Waals surface area contributed by atoms with E-state index in [0.29, 0.717) is 5.54 Å². The van der Waals surface area contributed by atoms with Crippen molar-refractivity contribution in [1.29, 1.82) is 0 Å². The van der Waals surface area contributed by atoms with Crippen LogP contribution in [0.15, 0.2) is 0 Å². The zero-order chi connectivity index (χ0) is 7.61. The maximum Gasteiger partial charge on any atom is 0.0153 e. The normalized spacial score (nSPS) is 21.9. The summed E-state index contributed by atoms with van der Waals surface area (Å²) in [6, 6.07) is 0. The number of hydrogen-bond acceptors (Lipinski definition) is 1. The first-order valence-electron chi connectivity index (χ1n) is 4.21. The second-order valence-corrected chi connectivity index (χ2v) is 3.76. The molecule has 1 heteroatoms. The average Bonchev–Trinajstić information content (AvgIpc) is 2.38. The number of rotatable bonds is 2. The van der Waals surface area contributed by atoms with Crippen LogP contribution in [0.5, 0.6) is 0 Å². The Morgan fingerprint density at radius 2 is 1.80 bits per heavy atom. The fourth-order valence-electron chi connectivity index (χ4n) is 1.48. The monoisotopic (exact) mass is 140 g/mol. The van der Waals surface area contributed by atoms with Crippen molar-refractivity contribution in [3.05, 3.63) is 6.92 Å². The predicted molar refractivity (Wildman–Crippen MR) is 44.9 cm³/mol. The van der Waals surface area contributed by atoms with E-state index < -0.39 is 0 Å². The lowest BCUT2D eigenvalue weighted by Crippen LogP contribution is -2.41. The molecule has 1 radical (unpaired) electrons. The summed E-state index contributed by atoms with van der Waals surface area (Å²) < 4.78 is 0. The molecule has 1 aliphatic rings. The molecule has 0 atom stereocenters. The molecular formula is C9H18N.